The molecule has 0 spiro atoms. The van der Waals surface area contributed by atoms with Crippen LogP contribution in [-0.2, 0) is 0 Å². The highest BCUT2D eigenvalue weighted by Crippen LogP contribution is 2.21. The Morgan fingerprint density at radius 2 is 1.74 bits per heavy atom. The van der Waals surface area contributed by atoms with Crippen LogP contribution >= 0.6 is 0 Å². The molecular formula is C22H21N3O2. The van der Waals surface area contributed by atoms with Gasteiger partial charge >= 0.3 is 0 Å². The van der Waals surface area contributed by atoms with E-state index in [0.717, 1.165) is 19.5 Å². The molecule has 4 rings (SSSR count). The van der Waals surface area contributed by atoms with Crippen molar-refractivity contribution in [1.82, 2.24) is 10.3 Å². The number of para-hydroxylation sites is 2. The summed E-state index contributed by atoms with van der Waals surface area (Å²) in [6.45, 7) is 1.76. The molecule has 5 nitrogen and oxygen atoms in total. The van der Waals surface area contributed by atoms with Gasteiger partial charge in [0.05, 0.1) is 5.56 Å². The van der Waals surface area contributed by atoms with E-state index in [9.17, 15) is 4.79 Å². The minimum Gasteiger partial charge on any atom is -0.439 e. The number of anilines is 1. The minimum absolute atomic E-state index is 0.103. The Balaban J connectivity index is 1.33. The molecule has 1 aliphatic heterocycles. The normalized spacial score (nSPS) is 16.1. The topological polar surface area (TPSA) is 54.5 Å². The summed E-state index contributed by atoms with van der Waals surface area (Å²) in [5.41, 5.74) is 1.73. The maximum atomic E-state index is 12.5. The van der Waals surface area contributed by atoms with E-state index in [1.54, 1.807) is 18.3 Å². The lowest BCUT2D eigenvalue weighted by Gasteiger charge is -2.19. The lowest BCUT2D eigenvalue weighted by Crippen LogP contribution is -2.37. The zero-order valence-electron chi connectivity index (χ0n) is 14.9. The van der Waals surface area contributed by atoms with Crippen LogP contribution in [-0.4, -0.2) is 30.0 Å². The first-order chi connectivity index (χ1) is 13.3. The van der Waals surface area contributed by atoms with Gasteiger partial charge in [-0.05, 0) is 36.8 Å². The van der Waals surface area contributed by atoms with Crippen LogP contribution in [0.15, 0.2) is 79.0 Å². The van der Waals surface area contributed by atoms with Crippen LogP contribution in [0.2, 0.25) is 0 Å². The van der Waals surface area contributed by atoms with E-state index in [2.05, 4.69) is 27.3 Å². The van der Waals surface area contributed by atoms with Crippen molar-refractivity contribution < 1.29 is 9.53 Å². The van der Waals surface area contributed by atoms with Crippen LogP contribution in [0.25, 0.3) is 0 Å². The largest absolute Gasteiger partial charge is 0.439 e. The van der Waals surface area contributed by atoms with Gasteiger partial charge in [-0.15, -0.1) is 0 Å². The highest BCUT2D eigenvalue weighted by atomic mass is 16.5. The SMILES string of the molecule is O=C(N[C@@H]1CCN(c2ccccc2)C1)c1ccc(Oc2ccccc2)nc1. The van der Waals surface area contributed by atoms with Crippen molar-refractivity contribution in [2.75, 3.05) is 18.0 Å². The summed E-state index contributed by atoms with van der Waals surface area (Å²) in [5.74, 6) is 1.08. The molecule has 27 heavy (non-hydrogen) atoms. The molecule has 1 atom stereocenters. The number of benzene rings is 2. The van der Waals surface area contributed by atoms with Crippen LogP contribution < -0.4 is 15.0 Å². The second-order valence-electron chi connectivity index (χ2n) is 6.54. The number of hydrogen-bond acceptors (Lipinski definition) is 4. The average molecular weight is 359 g/mol. The molecule has 2 aromatic carbocycles. The van der Waals surface area contributed by atoms with Crippen molar-refractivity contribution >= 4 is 11.6 Å². The van der Waals surface area contributed by atoms with Crippen molar-refractivity contribution in [1.29, 1.82) is 0 Å². The van der Waals surface area contributed by atoms with Crippen molar-refractivity contribution in [2.45, 2.75) is 12.5 Å². The van der Waals surface area contributed by atoms with Gasteiger partial charge < -0.3 is 15.0 Å². The van der Waals surface area contributed by atoms with Crippen LogP contribution in [0.5, 0.6) is 11.6 Å². The van der Waals surface area contributed by atoms with E-state index in [-0.39, 0.29) is 11.9 Å². The van der Waals surface area contributed by atoms with E-state index in [1.165, 1.54) is 5.69 Å². The highest BCUT2D eigenvalue weighted by Gasteiger charge is 2.24. The number of pyridine rings is 1. The fraction of sp³-hybridized carbons (Fsp3) is 0.182. The van der Waals surface area contributed by atoms with Gasteiger partial charge in [0.15, 0.2) is 0 Å². The summed E-state index contributed by atoms with van der Waals surface area (Å²) < 4.78 is 5.66. The number of carbonyl (C=O) groups is 1. The third-order valence-electron chi connectivity index (χ3n) is 4.61. The predicted molar refractivity (Wildman–Crippen MR) is 105 cm³/mol. The van der Waals surface area contributed by atoms with E-state index in [1.807, 2.05) is 48.5 Å². The summed E-state index contributed by atoms with van der Waals surface area (Å²) in [4.78, 5) is 19.0. The summed E-state index contributed by atoms with van der Waals surface area (Å²) in [7, 11) is 0. The summed E-state index contributed by atoms with van der Waals surface area (Å²) in [6.07, 6.45) is 2.49. The minimum atomic E-state index is -0.103. The zero-order chi connectivity index (χ0) is 18.5. The smallest absolute Gasteiger partial charge is 0.253 e. The van der Waals surface area contributed by atoms with E-state index < -0.39 is 0 Å². The Morgan fingerprint density at radius 1 is 1.00 bits per heavy atom. The van der Waals surface area contributed by atoms with Crippen molar-refractivity contribution in [3.8, 4) is 11.6 Å². The molecule has 3 aromatic rings. The molecule has 0 saturated carbocycles. The highest BCUT2D eigenvalue weighted by molar-refractivity contribution is 5.94. The Bertz CT molecular complexity index is 882. The fourth-order valence-electron chi connectivity index (χ4n) is 3.20. The molecule has 1 fully saturated rings. The van der Waals surface area contributed by atoms with Gasteiger partial charge in [0.2, 0.25) is 5.88 Å². The Hall–Kier alpha value is -3.34. The zero-order valence-corrected chi connectivity index (χ0v) is 14.9. The van der Waals surface area contributed by atoms with E-state index in [0.29, 0.717) is 17.2 Å². The molecule has 5 heteroatoms. The third-order valence-corrected chi connectivity index (χ3v) is 4.61. The second-order valence-corrected chi connectivity index (χ2v) is 6.54. The molecular weight excluding hydrogens is 338 g/mol. The molecule has 0 bridgehead atoms. The monoisotopic (exact) mass is 359 g/mol. The lowest BCUT2D eigenvalue weighted by molar-refractivity contribution is 0.0940. The Kier molecular flexibility index (Phi) is 5.01. The molecule has 2 heterocycles. The first-order valence-corrected chi connectivity index (χ1v) is 9.08. The average Bonchev–Trinajstić information content (AvgIpc) is 3.18. The van der Waals surface area contributed by atoms with Gasteiger partial charge in [-0.2, -0.15) is 0 Å². The van der Waals surface area contributed by atoms with Crippen LogP contribution in [0.1, 0.15) is 16.8 Å². The maximum absolute atomic E-state index is 12.5. The van der Waals surface area contributed by atoms with Gasteiger partial charge in [0.25, 0.3) is 5.91 Å². The van der Waals surface area contributed by atoms with Gasteiger partial charge in [-0.1, -0.05) is 36.4 Å². The molecule has 136 valence electrons. The maximum Gasteiger partial charge on any atom is 0.253 e. The summed E-state index contributed by atoms with van der Waals surface area (Å²) in [5, 5.41) is 3.10. The number of hydrogen-bond donors (Lipinski definition) is 1. The van der Waals surface area contributed by atoms with Gasteiger partial charge in [0, 0.05) is 37.1 Å². The lowest BCUT2D eigenvalue weighted by atomic mass is 10.2. The number of nitrogens with one attached hydrogen (secondary N) is 1. The van der Waals surface area contributed by atoms with Gasteiger partial charge in [-0.25, -0.2) is 4.98 Å². The van der Waals surface area contributed by atoms with Crippen molar-refractivity contribution in [3.63, 3.8) is 0 Å². The number of rotatable bonds is 5. The number of amides is 1. The first-order valence-electron chi connectivity index (χ1n) is 9.08. The molecule has 0 unspecified atom stereocenters. The Morgan fingerprint density at radius 3 is 2.44 bits per heavy atom. The Labute approximate surface area is 158 Å². The van der Waals surface area contributed by atoms with Crippen molar-refractivity contribution in [3.05, 3.63) is 84.6 Å². The molecule has 1 amide bonds. The van der Waals surface area contributed by atoms with Crippen LogP contribution in [0.3, 0.4) is 0 Å². The number of ether oxygens (including phenoxy) is 1. The molecule has 0 radical (unpaired) electrons. The quantitative estimate of drug-likeness (QED) is 0.751. The third kappa shape index (κ3) is 4.26. The van der Waals surface area contributed by atoms with E-state index in [4.69, 9.17) is 4.74 Å². The number of aromatic nitrogens is 1. The van der Waals surface area contributed by atoms with Crippen LogP contribution in [0, 0.1) is 0 Å². The predicted octanol–water partition coefficient (Wildman–Crippen LogP) is 3.88. The molecule has 0 aliphatic carbocycles. The molecule has 1 N–H and O–H groups in total. The molecule has 1 aliphatic rings. The number of nitrogens with zero attached hydrogens (tertiary/aromatic N) is 2. The standard InChI is InChI=1S/C22H21N3O2/c26-22(24-18-13-14-25(16-18)19-7-3-1-4-8-19)17-11-12-21(23-15-17)27-20-9-5-2-6-10-20/h1-12,15,18H,13-14,16H2,(H,24,26)/t18-/m1/s1. The second kappa shape index (κ2) is 7.91. The van der Waals surface area contributed by atoms with Crippen LogP contribution in [0.4, 0.5) is 5.69 Å². The summed E-state index contributed by atoms with van der Waals surface area (Å²) in [6, 6.07) is 23.3. The van der Waals surface area contributed by atoms with Crippen molar-refractivity contribution in [2.24, 2.45) is 0 Å². The molecule has 1 saturated heterocycles. The van der Waals surface area contributed by atoms with Gasteiger partial charge in [-0.3, -0.25) is 4.79 Å². The fourth-order valence-corrected chi connectivity index (χ4v) is 3.20. The first kappa shape index (κ1) is 17.1. The van der Waals surface area contributed by atoms with E-state index >= 15 is 0 Å². The van der Waals surface area contributed by atoms with Gasteiger partial charge in [0.1, 0.15) is 5.75 Å². The molecule has 1 aromatic heterocycles. The number of carbonyl (C=O) groups excluding carboxylic acids is 1. The summed E-state index contributed by atoms with van der Waals surface area (Å²) >= 11 is 0.